The minimum absolute atomic E-state index is 0.0466. The Morgan fingerprint density at radius 3 is 2.28 bits per heavy atom. The lowest BCUT2D eigenvalue weighted by molar-refractivity contribution is -0.127. The summed E-state index contributed by atoms with van der Waals surface area (Å²) in [7, 11) is 1.27. The molecule has 1 aromatic carbocycles. The number of amides is 1. The lowest BCUT2D eigenvalue weighted by Crippen LogP contribution is -2.60. The highest BCUT2D eigenvalue weighted by Gasteiger charge is 2.51. The van der Waals surface area contributed by atoms with Crippen LogP contribution in [0.1, 0.15) is 49.0 Å². The SMILES string of the molecule is COC(=O)c1nn(CC(=O)NC23CC4CC(CC(C4)C2)C3)c(=O)c2ccccc12. The van der Waals surface area contributed by atoms with E-state index in [9.17, 15) is 14.4 Å². The molecule has 6 rings (SSSR count). The predicted molar refractivity (Wildman–Crippen MR) is 106 cm³/mol. The molecule has 0 spiro atoms. The van der Waals surface area contributed by atoms with Gasteiger partial charge < -0.3 is 10.1 Å². The van der Waals surface area contributed by atoms with E-state index in [1.807, 2.05) is 0 Å². The Bertz CT molecular complexity index is 1020. The number of benzene rings is 1. The number of aromatic nitrogens is 2. The molecule has 7 heteroatoms. The second-order valence-electron chi connectivity index (χ2n) is 9.09. The lowest BCUT2D eigenvalue weighted by atomic mass is 9.53. The smallest absolute Gasteiger partial charge is 0.359 e. The van der Waals surface area contributed by atoms with Crippen molar-refractivity contribution in [2.24, 2.45) is 17.8 Å². The van der Waals surface area contributed by atoms with Crippen molar-refractivity contribution >= 4 is 22.6 Å². The zero-order chi connectivity index (χ0) is 20.2. The topological polar surface area (TPSA) is 90.3 Å². The Morgan fingerprint density at radius 1 is 1.10 bits per heavy atom. The van der Waals surface area contributed by atoms with Gasteiger partial charge in [0.05, 0.1) is 12.5 Å². The number of methoxy groups -OCH3 is 1. The van der Waals surface area contributed by atoms with Crippen LogP contribution in [0.25, 0.3) is 10.8 Å². The van der Waals surface area contributed by atoms with Crippen molar-refractivity contribution in [3.8, 4) is 0 Å². The van der Waals surface area contributed by atoms with Crippen molar-refractivity contribution in [3.05, 3.63) is 40.3 Å². The number of carbonyl (C=O) groups is 2. The van der Waals surface area contributed by atoms with E-state index >= 15 is 0 Å². The maximum Gasteiger partial charge on any atom is 0.359 e. The van der Waals surface area contributed by atoms with Gasteiger partial charge in [-0.25, -0.2) is 9.48 Å². The molecule has 0 aliphatic heterocycles. The molecule has 4 bridgehead atoms. The molecule has 4 aliphatic carbocycles. The van der Waals surface area contributed by atoms with Gasteiger partial charge in [0.2, 0.25) is 5.91 Å². The first-order valence-electron chi connectivity index (χ1n) is 10.4. The van der Waals surface area contributed by atoms with Crippen molar-refractivity contribution in [1.29, 1.82) is 0 Å². The van der Waals surface area contributed by atoms with Crippen molar-refractivity contribution in [2.45, 2.75) is 50.6 Å². The second kappa shape index (κ2) is 6.68. The summed E-state index contributed by atoms with van der Waals surface area (Å²) in [6.45, 7) is -0.199. The Labute approximate surface area is 168 Å². The molecular formula is C22H25N3O4. The third-order valence-corrected chi connectivity index (χ3v) is 6.98. The molecule has 1 aromatic heterocycles. The van der Waals surface area contributed by atoms with Crippen LogP contribution in [0.3, 0.4) is 0 Å². The molecule has 0 atom stereocenters. The summed E-state index contributed by atoms with van der Waals surface area (Å²) in [6.07, 6.45) is 7.00. The average Bonchev–Trinajstić information content (AvgIpc) is 2.68. The van der Waals surface area contributed by atoms with Crippen molar-refractivity contribution < 1.29 is 14.3 Å². The summed E-state index contributed by atoms with van der Waals surface area (Å²) in [5.74, 6) is 1.31. The number of rotatable bonds is 4. The van der Waals surface area contributed by atoms with Gasteiger partial charge in [-0.2, -0.15) is 5.10 Å². The van der Waals surface area contributed by atoms with Gasteiger partial charge in [0.25, 0.3) is 5.56 Å². The number of fused-ring (bicyclic) bond motifs is 1. The Morgan fingerprint density at radius 2 is 1.69 bits per heavy atom. The van der Waals surface area contributed by atoms with Crippen LogP contribution < -0.4 is 10.9 Å². The van der Waals surface area contributed by atoms with E-state index in [2.05, 4.69) is 10.4 Å². The van der Waals surface area contributed by atoms with Crippen LogP contribution in [0.2, 0.25) is 0 Å². The summed E-state index contributed by atoms with van der Waals surface area (Å²) < 4.78 is 5.91. The quantitative estimate of drug-likeness (QED) is 0.802. The molecule has 2 aromatic rings. The van der Waals surface area contributed by atoms with E-state index in [1.165, 1.54) is 26.4 Å². The number of carbonyl (C=O) groups excluding carboxylic acids is 2. The molecule has 1 N–H and O–H groups in total. The zero-order valence-corrected chi connectivity index (χ0v) is 16.5. The number of hydrogen-bond donors (Lipinski definition) is 1. The average molecular weight is 395 g/mol. The Hall–Kier alpha value is -2.70. The van der Waals surface area contributed by atoms with E-state index in [0.29, 0.717) is 28.5 Å². The van der Waals surface area contributed by atoms with Crippen LogP contribution in [0.15, 0.2) is 29.1 Å². The van der Waals surface area contributed by atoms with E-state index in [1.54, 1.807) is 24.3 Å². The largest absolute Gasteiger partial charge is 0.464 e. The number of nitrogens with zero attached hydrogens (tertiary/aromatic N) is 2. The predicted octanol–water partition coefficient (Wildman–Crippen LogP) is 2.27. The van der Waals surface area contributed by atoms with Crippen molar-refractivity contribution in [3.63, 3.8) is 0 Å². The summed E-state index contributed by atoms with van der Waals surface area (Å²) in [6, 6.07) is 6.76. The Kier molecular flexibility index (Phi) is 4.22. The summed E-state index contributed by atoms with van der Waals surface area (Å²) >= 11 is 0. The lowest BCUT2D eigenvalue weighted by Gasteiger charge is -2.56. The van der Waals surface area contributed by atoms with Gasteiger partial charge in [0.15, 0.2) is 5.69 Å². The van der Waals surface area contributed by atoms with Gasteiger partial charge in [0.1, 0.15) is 6.54 Å². The number of hydrogen-bond acceptors (Lipinski definition) is 5. The standard InChI is InChI=1S/C22H25N3O4/c1-29-21(28)19-16-4-2-3-5-17(16)20(27)25(24-19)12-18(26)23-22-9-13-6-14(10-22)8-15(7-13)11-22/h2-5,13-15H,6-12H2,1H3,(H,23,26). The molecule has 4 fully saturated rings. The second-order valence-corrected chi connectivity index (χ2v) is 9.09. The molecule has 1 amide bonds. The van der Waals surface area contributed by atoms with Crippen molar-refractivity contribution in [1.82, 2.24) is 15.1 Å². The van der Waals surface area contributed by atoms with Crippen LogP contribution in [0.5, 0.6) is 0 Å². The zero-order valence-electron chi connectivity index (χ0n) is 16.5. The third-order valence-electron chi connectivity index (χ3n) is 6.98. The maximum absolute atomic E-state index is 12.9. The van der Waals surface area contributed by atoms with Gasteiger partial charge in [-0.1, -0.05) is 18.2 Å². The normalized spacial score (nSPS) is 29.8. The van der Waals surface area contributed by atoms with Gasteiger partial charge >= 0.3 is 5.97 Å². The fraction of sp³-hybridized carbons (Fsp3) is 0.545. The first-order valence-corrected chi connectivity index (χ1v) is 10.4. The third kappa shape index (κ3) is 3.12. The van der Waals surface area contributed by atoms with E-state index < -0.39 is 5.97 Å². The number of esters is 1. The minimum Gasteiger partial charge on any atom is -0.464 e. The number of ether oxygens (including phenoxy) is 1. The Balaban J connectivity index is 1.43. The highest BCUT2D eigenvalue weighted by Crippen LogP contribution is 2.55. The summed E-state index contributed by atoms with van der Waals surface area (Å²) in [4.78, 5) is 37.9. The molecule has 0 saturated heterocycles. The van der Waals surface area contributed by atoms with E-state index in [4.69, 9.17) is 4.74 Å². The highest BCUT2D eigenvalue weighted by atomic mass is 16.5. The fourth-order valence-electron chi connectivity index (χ4n) is 6.32. The summed E-state index contributed by atoms with van der Waals surface area (Å²) in [5.41, 5.74) is -0.462. The monoisotopic (exact) mass is 395 g/mol. The molecule has 7 nitrogen and oxygen atoms in total. The van der Waals surface area contributed by atoms with Crippen LogP contribution >= 0.6 is 0 Å². The van der Waals surface area contributed by atoms with Crippen molar-refractivity contribution in [2.75, 3.05) is 7.11 Å². The van der Waals surface area contributed by atoms with Gasteiger partial charge in [0, 0.05) is 10.9 Å². The molecular weight excluding hydrogens is 370 g/mol. The first kappa shape index (κ1) is 18.3. The number of nitrogens with one attached hydrogen (secondary N) is 1. The van der Waals surface area contributed by atoms with Gasteiger partial charge in [-0.3, -0.25) is 9.59 Å². The van der Waals surface area contributed by atoms with Gasteiger partial charge in [-0.15, -0.1) is 0 Å². The first-order chi connectivity index (χ1) is 14.0. The van der Waals surface area contributed by atoms with Crippen LogP contribution in [0.4, 0.5) is 0 Å². The molecule has 4 saturated carbocycles. The highest BCUT2D eigenvalue weighted by molar-refractivity contribution is 6.02. The molecule has 1 heterocycles. The van der Waals surface area contributed by atoms with Gasteiger partial charge in [-0.05, 0) is 62.3 Å². The van der Waals surface area contributed by atoms with Crippen LogP contribution in [-0.4, -0.2) is 34.3 Å². The van der Waals surface area contributed by atoms with Crippen LogP contribution in [0, 0.1) is 17.8 Å². The van der Waals surface area contributed by atoms with Crippen LogP contribution in [-0.2, 0) is 16.1 Å². The fourth-order valence-corrected chi connectivity index (χ4v) is 6.32. The maximum atomic E-state index is 12.9. The molecule has 0 unspecified atom stereocenters. The molecule has 4 aliphatic rings. The van der Waals surface area contributed by atoms with E-state index in [0.717, 1.165) is 23.9 Å². The molecule has 0 radical (unpaired) electrons. The summed E-state index contributed by atoms with van der Waals surface area (Å²) in [5, 5.41) is 8.22. The van der Waals surface area contributed by atoms with E-state index in [-0.39, 0.29) is 29.2 Å². The molecule has 29 heavy (non-hydrogen) atoms. The minimum atomic E-state index is -0.628. The molecule has 152 valence electrons.